The van der Waals surface area contributed by atoms with Gasteiger partial charge >= 0.3 is 0 Å². The largest absolute Gasteiger partial charge is 0.310 e. The van der Waals surface area contributed by atoms with E-state index in [1.54, 1.807) is 16.7 Å². The van der Waals surface area contributed by atoms with E-state index in [2.05, 4.69) is 234 Å². The Kier molecular flexibility index (Phi) is 9.35. The first-order valence-electron chi connectivity index (χ1n) is 26.6. The second-order valence-electron chi connectivity index (χ2n) is 21.8. The number of benzene rings is 9. The smallest absolute Gasteiger partial charge is 0.0714 e. The molecule has 0 heterocycles. The van der Waals surface area contributed by atoms with Gasteiger partial charge in [0.15, 0.2) is 0 Å². The van der Waals surface area contributed by atoms with Gasteiger partial charge in [-0.2, -0.15) is 0 Å². The average Bonchev–Trinajstić information content (AvgIpc) is 4.31. The van der Waals surface area contributed by atoms with Crippen molar-refractivity contribution in [2.24, 2.45) is 23.7 Å². The van der Waals surface area contributed by atoms with E-state index in [0.29, 0.717) is 17.8 Å². The van der Waals surface area contributed by atoms with E-state index >= 15 is 0 Å². The number of anilines is 6. The molecule has 6 aliphatic carbocycles. The quantitative estimate of drug-likeness (QED) is 0.142. The van der Waals surface area contributed by atoms with E-state index in [-0.39, 0.29) is 5.41 Å². The molecule has 9 aromatic carbocycles. The Labute approximate surface area is 419 Å². The highest BCUT2D eigenvalue weighted by atomic mass is 15.2. The molecule has 0 aromatic heterocycles. The molecule has 9 aromatic rings. The molecule has 0 radical (unpaired) electrons. The predicted octanol–water partition coefficient (Wildman–Crippen LogP) is 17.3. The first-order chi connectivity index (χ1) is 35.2. The second kappa shape index (κ2) is 16.1. The Balaban J connectivity index is 0.964. The van der Waals surface area contributed by atoms with Crippen LogP contribution in [0.25, 0.3) is 11.1 Å². The van der Waals surface area contributed by atoms with Crippen LogP contribution >= 0.6 is 0 Å². The van der Waals surface area contributed by atoms with Crippen molar-refractivity contribution in [3.63, 3.8) is 0 Å². The molecular weight excluding hydrogens is 857 g/mol. The lowest BCUT2D eigenvalue weighted by Crippen LogP contribution is -2.35. The number of hydrogen-bond donors (Lipinski definition) is 0. The zero-order chi connectivity index (χ0) is 46.7. The van der Waals surface area contributed by atoms with Crippen molar-refractivity contribution in [2.75, 3.05) is 9.80 Å². The Morgan fingerprint density at radius 1 is 0.380 bits per heavy atom. The lowest BCUT2D eigenvalue weighted by atomic mass is 9.67. The minimum absolute atomic E-state index is 0.149. The fraction of sp³-hybridized carbons (Fsp3) is 0.217. The van der Waals surface area contributed by atoms with E-state index in [1.165, 1.54) is 117 Å². The summed E-state index contributed by atoms with van der Waals surface area (Å²) in [6.45, 7) is 0. The first kappa shape index (κ1) is 41.4. The molecular formula is C69H58N2. The van der Waals surface area contributed by atoms with E-state index in [1.807, 2.05) is 0 Å². The summed E-state index contributed by atoms with van der Waals surface area (Å²) in [5.74, 6) is 3.30. The Morgan fingerprint density at radius 2 is 0.915 bits per heavy atom. The van der Waals surface area contributed by atoms with Gasteiger partial charge in [0.05, 0.1) is 16.8 Å². The maximum atomic E-state index is 2.72. The van der Waals surface area contributed by atoms with Crippen LogP contribution in [-0.4, -0.2) is 0 Å². The summed E-state index contributed by atoms with van der Waals surface area (Å²) < 4.78 is 0. The molecule has 71 heavy (non-hydrogen) atoms. The van der Waals surface area contributed by atoms with Crippen molar-refractivity contribution in [1.82, 2.24) is 0 Å². The van der Waals surface area contributed by atoms with Crippen molar-refractivity contribution in [2.45, 2.75) is 68.1 Å². The molecule has 6 aliphatic rings. The van der Waals surface area contributed by atoms with Crippen molar-refractivity contribution in [3.8, 4) is 11.1 Å². The van der Waals surface area contributed by atoms with E-state index in [9.17, 15) is 0 Å². The van der Waals surface area contributed by atoms with Gasteiger partial charge in [-0.3, -0.25) is 0 Å². The molecule has 15 rings (SSSR count). The summed E-state index contributed by atoms with van der Waals surface area (Å²) in [6, 6.07) is 86.0. The van der Waals surface area contributed by atoms with Crippen LogP contribution in [0.2, 0.25) is 0 Å². The molecule has 0 saturated heterocycles. The van der Waals surface area contributed by atoms with E-state index in [4.69, 9.17) is 0 Å². The fourth-order valence-corrected chi connectivity index (χ4v) is 16.2. The maximum Gasteiger partial charge on any atom is 0.0714 e. The summed E-state index contributed by atoms with van der Waals surface area (Å²) in [5, 5.41) is 0. The lowest BCUT2D eigenvalue weighted by molar-refractivity contribution is 0.350. The molecule has 2 heteroatoms. The number of para-hydroxylation sites is 3. The van der Waals surface area contributed by atoms with Crippen LogP contribution in [-0.2, 0) is 23.7 Å². The molecule has 1 spiro atoms. The second-order valence-corrected chi connectivity index (χ2v) is 21.8. The van der Waals surface area contributed by atoms with Gasteiger partial charge in [-0.1, -0.05) is 176 Å². The zero-order valence-corrected chi connectivity index (χ0v) is 40.3. The lowest BCUT2D eigenvalue weighted by Gasteiger charge is -2.41. The predicted molar refractivity (Wildman–Crippen MR) is 292 cm³/mol. The Morgan fingerprint density at radius 3 is 1.54 bits per heavy atom. The highest BCUT2D eigenvalue weighted by molar-refractivity contribution is 5.91. The Hall–Kier alpha value is -7.42. The first-order valence-corrected chi connectivity index (χ1v) is 26.6. The molecule has 2 bridgehead atoms. The molecule has 6 atom stereocenters. The Bertz CT molecular complexity index is 3440. The van der Waals surface area contributed by atoms with Gasteiger partial charge in [0.25, 0.3) is 0 Å². The summed E-state index contributed by atoms with van der Waals surface area (Å²) >= 11 is 0. The van der Waals surface area contributed by atoms with Crippen LogP contribution in [0.15, 0.2) is 224 Å². The van der Waals surface area contributed by atoms with Gasteiger partial charge in [-0.15, -0.1) is 0 Å². The molecule has 3 saturated carbocycles. The normalized spacial score (nSPS) is 23.4. The number of rotatable bonds is 9. The van der Waals surface area contributed by atoms with Gasteiger partial charge < -0.3 is 9.80 Å². The molecule has 344 valence electrons. The minimum atomic E-state index is -0.500. The van der Waals surface area contributed by atoms with Crippen molar-refractivity contribution in [1.29, 1.82) is 0 Å². The highest BCUT2D eigenvalue weighted by Gasteiger charge is 2.62. The number of fused-ring (bicyclic) bond motifs is 7. The third-order valence-electron chi connectivity index (χ3n) is 18.7. The third kappa shape index (κ3) is 5.88. The molecule has 2 nitrogen and oxygen atoms in total. The topological polar surface area (TPSA) is 6.48 Å². The fourth-order valence-electron chi connectivity index (χ4n) is 16.2. The summed E-state index contributed by atoms with van der Waals surface area (Å²) in [6.07, 6.45) is 10.2. The molecule has 0 amide bonds. The van der Waals surface area contributed by atoms with Gasteiger partial charge in [0.2, 0.25) is 0 Å². The molecule has 0 N–H and O–H groups in total. The van der Waals surface area contributed by atoms with Crippen LogP contribution in [0.5, 0.6) is 0 Å². The van der Waals surface area contributed by atoms with Crippen LogP contribution in [0.1, 0.15) is 94.5 Å². The highest BCUT2D eigenvalue weighted by Crippen LogP contribution is 2.69. The van der Waals surface area contributed by atoms with Gasteiger partial charge in [-0.25, -0.2) is 0 Å². The third-order valence-corrected chi connectivity index (χ3v) is 18.7. The minimum Gasteiger partial charge on any atom is -0.310 e. The monoisotopic (exact) mass is 914 g/mol. The zero-order valence-electron chi connectivity index (χ0n) is 40.3. The van der Waals surface area contributed by atoms with Crippen LogP contribution < -0.4 is 9.80 Å². The van der Waals surface area contributed by atoms with Gasteiger partial charge in [0, 0.05) is 28.2 Å². The molecule has 6 unspecified atom stereocenters. The molecule has 0 aliphatic heterocycles. The van der Waals surface area contributed by atoms with E-state index in [0.717, 1.165) is 24.7 Å². The van der Waals surface area contributed by atoms with E-state index < -0.39 is 5.41 Å². The van der Waals surface area contributed by atoms with Crippen molar-refractivity contribution < 1.29 is 0 Å². The standard InChI is InChI=1S/C69H58N2/c1-5-21-50(22-6-1)68(51-23-7-2-8-24-51)61-31-15-13-29-57(61)58-40-39-56(45-62(58)68)70(54-25-9-3-10-26-54)64-33-17-19-48-43-52-37-38-53-44-49-20-18-34-65(67(49)69(52,53)66(48)64)71(55-27-11-4-12-28-55)63-32-16-14-30-59(63)60-42-46-35-36-47(60)41-46/h1-34,39-40,45-47,52-53,60H,35-38,41-44H2. The number of nitrogens with zero attached hydrogens (tertiary/aromatic N) is 2. The maximum absolute atomic E-state index is 2.72. The van der Waals surface area contributed by atoms with Crippen molar-refractivity contribution >= 4 is 34.1 Å². The SMILES string of the molecule is c1ccc(N(c2ccc3c(c2)C(c2ccccc2)(c2ccccc2)c2ccccc2-3)c2cccc3c2C24c5c(cccc5N(c5ccccc5)c5ccccc5C5CC6CCC5C6)CC2CCC4C3)cc1. The van der Waals surface area contributed by atoms with Gasteiger partial charge in [-0.05, 0) is 190 Å². The summed E-state index contributed by atoms with van der Waals surface area (Å²) in [5.41, 5.74) is 22.6. The van der Waals surface area contributed by atoms with Crippen LogP contribution in [0.4, 0.5) is 34.1 Å². The van der Waals surface area contributed by atoms with Gasteiger partial charge in [0.1, 0.15) is 0 Å². The van der Waals surface area contributed by atoms with Crippen LogP contribution in [0, 0.1) is 23.7 Å². The average molecular weight is 915 g/mol. The molecule has 3 fully saturated rings. The summed E-state index contributed by atoms with van der Waals surface area (Å²) in [7, 11) is 0. The van der Waals surface area contributed by atoms with Crippen molar-refractivity contribution in [3.05, 3.63) is 275 Å². The summed E-state index contributed by atoms with van der Waals surface area (Å²) in [4.78, 5) is 5.36. The van der Waals surface area contributed by atoms with Crippen LogP contribution in [0.3, 0.4) is 0 Å². The number of hydrogen-bond acceptors (Lipinski definition) is 2.